The van der Waals surface area contributed by atoms with E-state index >= 15 is 0 Å². The van der Waals surface area contributed by atoms with E-state index in [1.807, 2.05) is 0 Å². The molecule has 0 fully saturated rings. The summed E-state index contributed by atoms with van der Waals surface area (Å²) in [6, 6.07) is 0. The van der Waals surface area contributed by atoms with Gasteiger partial charge in [-0.2, -0.15) is 0 Å². The summed E-state index contributed by atoms with van der Waals surface area (Å²) in [7, 11) is 0. The Kier molecular flexibility index (Phi) is 98.4. The minimum Gasteiger partial charge on any atom is -0.481 e. The molecule has 89 heavy (non-hydrogen) atoms. The van der Waals surface area contributed by atoms with E-state index in [4.69, 9.17) is 20.4 Å². The van der Waals surface area contributed by atoms with Gasteiger partial charge in [-0.1, -0.05) is 333 Å². The first kappa shape index (κ1) is 95.2. The van der Waals surface area contributed by atoms with Crippen LogP contribution in [0.5, 0.6) is 0 Å². The third kappa shape index (κ3) is 110. The van der Waals surface area contributed by atoms with Crippen molar-refractivity contribution in [2.24, 2.45) is 0 Å². The Labute approximate surface area is 568 Å². The van der Waals surface area contributed by atoms with Gasteiger partial charge in [0.1, 0.15) is 0 Å². The van der Waals surface area contributed by atoms with E-state index < -0.39 is 23.9 Å². The maximum atomic E-state index is 10.4. The SMILES string of the molecule is CCCCCCCCCC/C=C\CCCCCCCC(=O)O.CCCCCCCCCC/C=C\CCCCCCCC(=O)O.CCCCCCCCCC/C=C\CCCCCCCC(=O)O.CCCCCCCCCC/C=C\CCCCCCCC(=O)O.[W]. The van der Waals surface area contributed by atoms with Crippen molar-refractivity contribution in [1.29, 1.82) is 0 Å². The van der Waals surface area contributed by atoms with E-state index in [9.17, 15) is 19.2 Å². The average molecular weight is 1430 g/mol. The van der Waals surface area contributed by atoms with Crippen LogP contribution in [0.4, 0.5) is 0 Å². The van der Waals surface area contributed by atoms with E-state index in [0.29, 0.717) is 25.7 Å². The Bertz CT molecular complexity index is 1260. The second-order valence-electron chi connectivity index (χ2n) is 25.7. The summed E-state index contributed by atoms with van der Waals surface area (Å²) in [4.78, 5) is 41.4. The fraction of sp³-hybridized carbons (Fsp3) is 0.850. The molecule has 0 unspecified atom stereocenters. The molecular weight excluding hydrogens is 1270 g/mol. The molecule has 4 N–H and O–H groups in total. The van der Waals surface area contributed by atoms with E-state index in [2.05, 4.69) is 76.3 Å². The van der Waals surface area contributed by atoms with Crippen LogP contribution in [0.1, 0.15) is 439 Å². The molecule has 0 aliphatic rings. The third-order valence-electron chi connectivity index (χ3n) is 16.6. The maximum Gasteiger partial charge on any atom is 0.303 e. The molecular formula is C80H152O8W. The zero-order chi connectivity index (χ0) is 65.2. The van der Waals surface area contributed by atoms with E-state index in [1.54, 1.807) is 0 Å². The molecule has 0 amide bonds. The number of carbonyl (C=O) groups is 4. The van der Waals surface area contributed by atoms with Crippen molar-refractivity contribution in [3.63, 3.8) is 0 Å². The molecule has 9 heteroatoms. The van der Waals surface area contributed by atoms with Crippen molar-refractivity contribution < 1.29 is 60.7 Å². The molecule has 526 valence electrons. The van der Waals surface area contributed by atoms with Gasteiger partial charge >= 0.3 is 23.9 Å². The van der Waals surface area contributed by atoms with Crippen LogP contribution < -0.4 is 0 Å². The standard InChI is InChI=1S/4C20H38O2.W/c4*1-2-3-4-5-6-7-8-9-10-11-12-13-14-15-16-17-18-19-20(21)22;/h4*11-12H,2-10,13-19H2,1H3,(H,21,22);/b4*12-11-;. The van der Waals surface area contributed by atoms with Crippen LogP contribution in [0.2, 0.25) is 0 Å². The molecule has 8 nitrogen and oxygen atoms in total. The molecule has 0 aliphatic heterocycles. The van der Waals surface area contributed by atoms with E-state index in [1.165, 1.54) is 334 Å². The summed E-state index contributed by atoms with van der Waals surface area (Å²) in [6.07, 6.45) is 96.7. The number of carboxylic acid groups (broad SMARTS) is 4. The summed E-state index contributed by atoms with van der Waals surface area (Å²) in [5.41, 5.74) is 0. The van der Waals surface area contributed by atoms with Gasteiger partial charge < -0.3 is 20.4 Å². The van der Waals surface area contributed by atoms with Crippen molar-refractivity contribution in [3.05, 3.63) is 48.6 Å². The maximum absolute atomic E-state index is 10.4. The second kappa shape index (κ2) is 91.9. The molecule has 0 spiro atoms. The van der Waals surface area contributed by atoms with Gasteiger partial charge in [0.25, 0.3) is 0 Å². The van der Waals surface area contributed by atoms with Crippen molar-refractivity contribution in [2.45, 2.75) is 439 Å². The number of hydrogen-bond acceptors (Lipinski definition) is 4. The normalized spacial score (nSPS) is 11.2. The molecule has 0 saturated carbocycles. The molecule has 0 heterocycles. The number of allylic oxidation sites excluding steroid dienone is 8. The summed E-state index contributed by atoms with van der Waals surface area (Å²) in [5.74, 6) is -2.65. The van der Waals surface area contributed by atoms with Gasteiger partial charge in [-0.25, -0.2) is 0 Å². The zero-order valence-electron chi connectivity index (χ0n) is 59.7. The van der Waals surface area contributed by atoms with Crippen LogP contribution in [0, 0.1) is 0 Å². The summed E-state index contributed by atoms with van der Waals surface area (Å²) in [6.45, 7) is 9.08. The minimum absolute atomic E-state index is 0. The van der Waals surface area contributed by atoms with Crippen LogP contribution >= 0.6 is 0 Å². The van der Waals surface area contributed by atoms with Gasteiger partial charge in [0.05, 0.1) is 0 Å². The van der Waals surface area contributed by atoms with Crippen LogP contribution in [-0.2, 0) is 40.2 Å². The monoisotopic (exact) mass is 1430 g/mol. The molecule has 0 aromatic rings. The molecule has 0 bridgehead atoms. The molecule has 0 saturated heterocycles. The average Bonchev–Trinajstić information content (AvgIpc) is 3.50. The molecule has 0 radical (unpaired) electrons. The first-order valence-electron chi connectivity index (χ1n) is 38.6. The fourth-order valence-corrected chi connectivity index (χ4v) is 10.8. The van der Waals surface area contributed by atoms with Crippen LogP contribution in [0.3, 0.4) is 0 Å². The number of unbranched alkanes of at least 4 members (excludes halogenated alkanes) is 52. The number of aliphatic carboxylic acids is 4. The largest absolute Gasteiger partial charge is 0.481 e. The molecule has 0 atom stereocenters. The number of hydrogen-bond donors (Lipinski definition) is 4. The van der Waals surface area contributed by atoms with Gasteiger partial charge in [-0.15, -0.1) is 0 Å². The van der Waals surface area contributed by atoms with Crippen molar-refractivity contribution in [1.82, 2.24) is 0 Å². The van der Waals surface area contributed by atoms with Gasteiger partial charge in [0.15, 0.2) is 0 Å². The molecule has 0 rings (SSSR count). The Morgan fingerprint density at radius 3 is 0.393 bits per heavy atom. The molecule has 0 aromatic heterocycles. The quantitative estimate of drug-likeness (QED) is 0.0347. The Hall–Kier alpha value is -2.47. The van der Waals surface area contributed by atoms with Crippen LogP contribution in [0.15, 0.2) is 48.6 Å². The topological polar surface area (TPSA) is 149 Å². The predicted molar refractivity (Wildman–Crippen MR) is 385 cm³/mol. The minimum atomic E-state index is -0.663. The van der Waals surface area contributed by atoms with Crippen molar-refractivity contribution in [2.75, 3.05) is 0 Å². The fourth-order valence-electron chi connectivity index (χ4n) is 10.8. The van der Waals surface area contributed by atoms with Crippen LogP contribution in [0.25, 0.3) is 0 Å². The van der Waals surface area contributed by atoms with Gasteiger partial charge in [-0.3, -0.25) is 19.2 Å². The second-order valence-corrected chi connectivity index (χ2v) is 25.7. The van der Waals surface area contributed by atoms with Gasteiger partial charge in [0.2, 0.25) is 0 Å². The summed E-state index contributed by atoms with van der Waals surface area (Å²) < 4.78 is 0. The van der Waals surface area contributed by atoms with Gasteiger partial charge in [-0.05, 0) is 128 Å². The van der Waals surface area contributed by atoms with Crippen molar-refractivity contribution in [3.8, 4) is 0 Å². The van der Waals surface area contributed by atoms with Crippen LogP contribution in [-0.4, -0.2) is 44.3 Å². The number of rotatable bonds is 68. The Morgan fingerprint density at radius 1 is 0.180 bits per heavy atom. The Balaban J connectivity index is -0.000000351. The first-order chi connectivity index (χ1) is 43.1. The number of carboxylic acids is 4. The smallest absolute Gasteiger partial charge is 0.303 e. The molecule has 0 aromatic carbocycles. The first-order valence-corrected chi connectivity index (χ1v) is 38.6. The summed E-state index contributed by atoms with van der Waals surface area (Å²) in [5, 5.41) is 34.1. The predicted octanol–water partition coefficient (Wildman–Crippen LogP) is 27.6. The van der Waals surface area contributed by atoms with Crippen molar-refractivity contribution >= 4 is 23.9 Å². The zero-order valence-corrected chi connectivity index (χ0v) is 62.6. The third-order valence-corrected chi connectivity index (χ3v) is 16.6. The summed E-state index contributed by atoms with van der Waals surface area (Å²) >= 11 is 0. The van der Waals surface area contributed by atoms with E-state index in [-0.39, 0.29) is 21.1 Å². The van der Waals surface area contributed by atoms with Gasteiger partial charge in [0, 0.05) is 46.7 Å². The molecule has 0 aliphatic carbocycles. The van der Waals surface area contributed by atoms with E-state index in [0.717, 1.165) is 51.4 Å². The Morgan fingerprint density at radius 2 is 0.281 bits per heavy atom.